The van der Waals surface area contributed by atoms with Crippen LogP contribution in [0.5, 0.6) is 11.5 Å². The molecule has 0 bridgehead atoms. The molecular formula is C73H140CoN4O2Y4+4. The van der Waals surface area contributed by atoms with Gasteiger partial charge in [-0.25, -0.2) is 0 Å². The van der Waals surface area contributed by atoms with E-state index < -0.39 is 0 Å². The van der Waals surface area contributed by atoms with Crippen LogP contribution in [-0.2, 0) is 154 Å². The van der Waals surface area contributed by atoms with Crippen LogP contribution in [0.2, 0.25) is 0 Å². The number of rotatable bonds is 52. The van der Waals surface area contributed by atoms with Gasteiger partial charge in [0.1, 0.15) is 11.5 Å². The number of hydrogen-bond donors (Lipinski definition) is 2. The van der Waals surface area contributed by atoms with Gasteiger partial charge in [-0.15, -0.1) is 0 Å². The van der Waals surface area contributed by atoms with Gasteiger partial charge in [0.15, 0.2) is 0 Å². The molecule has 6 nitrogen and oxygen atoms in total. The van der Waals surface area contributed by atoms with Crippen molar-refractivity contribution in [1.29, 1.82) is 0 Å². The Hall–Kier alpha value is 2.80. The first-order chi connectivity index (χ1) is 38.2. The summed E-state index contributed by atoms with van der Waals surface area (Å²) >= 11 is 0. The van der Waals surface area contributed by atoms with E-state index in [-0.39, 0.29) is 148 Å². The van der Waals surface area contributed by atoms with Crippen LogP contribution in [0, 0.1) is 13.8 Å². The van der Waals surface area contributed by atoms with Gasteiger partial charge in [-0.05, 0) is 136 Å². The second kappa shape index (κ2) is 55.1. The molecule has 2 aromatic rings. The fourth-order valence-corrected chi connectivity index (χ4v) is 14.0. The Labute approximate surface area is 636 Å². The van der Waals surface area contributed by atoms with Crippen LogP contribution >= 0.6 is 0 Å². The van der Waals surface area contributed by atoms with E-state index in [4.69, 9.17) is 0 Å². The maximum Gasteiger partial charge on any atom is 0.122 e. The average molecular weight is 1520 g/mol. The summed E-state index contributed by atoms with van der Waals surface area (Å²) in [5.41, 5.74) is 6.84. The molecule has 0 aliphatic carbocycles. The number of quaternary nitrogens is 4. The van der Waals surface area contributed by atoms with Gasteiger partial charge in [-0.3, -0.25) is 0 Å². The Balaban J connectivity index is -0.00000640. The largest absolute Gasteiger partial charge is 0.507 e. The first kappa shape index (κ1) is 93.2. The molecular weight excluding hydrogens is 1380 g/mol. The Kier molecular flexibility index (Phi) is 61.2. The van der Waals surface area contributed by atoms with Gasteiger partial charge in [0.05, 0.1) is 105 Å². The van der Waals surface area contributed by atoms with Crippen molar-refractivity contribution in [2.75, 3.05) is 105 Å². The van der Waals surface area contributed by atoms with Gasteiger partial charge in [0.2, 0.25) is 0 Å². The van der Waals surface area contributed by atoms with E-state index in [1.807, 2.05) is 0 Å². The molecule has 0 aliphatic rings. The molecule has 0 saturated carbocycles. The average Bonchev–Trinajstić information content (AvgIpc) is 3.46. The third kappa shape index (κ3) is 34.8. The summed E-state index contributed by atoms with van der Waals surface area (Å²) in [4.78, 5) is 0. The van der Waals surface area contributed by atoms with Crippen molar-refractivity contribution < 1.29 is 176 Å². The van der Waals surface area contributed by atoms with Crippen molar-refractivity contribution in [2.24, 2.45) is 0 Å². The molecule has 0 amide bonds. The summed E-state index contributed by atoms with van der Waals surface area (Å²) in [6.07, 6.45) is 36.1. The van der Waals surface area contributed by atoms with Crippen LogP contribution in [0.3, 0.4) is 0 Å². The molecule has 2 N–H and O–H groups in total. The fourth-order valence-electron chi connectivity index (χ4n) is 14.0. The quantitative estimate of drug-likeness (QED) is 0.0648. The fraction of sp³-hybridized carbons (Fsp3) is 0.836. The molecule has 0 saturated heterocycles. The molecule has 0 spiro atoms. The molecule has 0 heterocycles. The van der Waals surface area contributed by atoms with Crippen molar-refractivity contribution in [3.63, 3.8) is 0 Å². The van der Waals surface area contributed by atoms with E-state index >= 15 is 0 Å². The number of benzene rings is 2. The van der Waals surface area contributed by atoms with Crippen molar-refractivity contribution in [3.8, 4) is 11.5 Å². The monoisotopic (exact) mass is 1520 g/mol. The number of phenolic OH excluding ortho intramolecular Hbond substituents is 2. The molecule has 481 valence electrons. The molecule has 5 radical (unpaired) electrons. The summed E-state index contributed by atoms with van der Waals surface area (Å²) in [5, 5.41) is 24.6. The van der Waals surface area contributed by atoms with E-state index in [0.29, 0.717) is 29.8 Å². The van der Waals surface area contributed by atoms with Crippen LogP contribution in [0.25, 0.3) is 0 Å². The number of unbranched alkanes of at least 4 members (excludes halogenated alkanes) is 12. The molecule has 0 aromatic heterocycles. The predicted octanol–water partition coefficient (Wildman–Crippen LogP) is 19.9. The maximum atomic E-state index is 12.3. The minimum atomic E-state index is 0. The third-order valence-corrected chi connectivity index (χ3v) is 19.8. The first-order valence-corrected chi connectivity index (χ1v) is 35.2. The van der Waals surface area contributed by atoms with Crippen LogP contribution in [0.1, 0.15) is 308 Å². The van der Waals surface area contributed by atoms with E-state index in [0.717, 1.165) is 22.3 Å². The van der Waals surface area contributed by atoms with Crippen molar-refractivity contribution in [2.45, 2.75) is 295 Å². The summed E-state index contributed by atoms with van der Waals surface area (Å²) in [5.74, 6) is 1.70. The zero-order valence-electron chi connectivity index (χ0n) is 58.6. The predicted molar refractivity (Wildman–Crippen MR) is 350 cm³/mol. The SMILES string of the molecule is CCCC[N+](CCCC)(CCCC)CCC(CC[N+](CCCC)(CCCC)CCCC)c1cc(C)c(O)c(Cc2cc(C(CC[N+](CCCC)(CCCC)CCCC)CC[N+](CCCC)(CCCC)CCCC)cc(C)c2O)c1.[Co].[Y].[Y].[Y].[Y]. The Morgan fingerprint density at radius 3 is 0.607 bits per heavy atom. The van der Waals surface area contributed by atoms with Gasteiger partial charge in [-0.1, -0.05) is 184 Å². The molecule has 0 fully saturated rings. The van der Waals surface area contributed by atoms with Crippen molar-refractivity contribution >= 4 is 0 Å². The van der Waals surface area contributed by atoms with Crippen LogP contribution in [-0.4, -0.2) is 133 Å². The zero-order valence-corrected chi connectivity index (χ0v) is 71.0. The Bertz CT molecular complexity index is 1570. The van der Waals surface area contributed by atoms with E-state index in [2.05, 4.69) is 121 Å². The van der Waals surface area contributed by atoms with Gasteiger partial charge >= 0.3 is 0 Å². The van der Waals surface area contributed by atoms with Gasteiger partial charge in [0.25, 0.3) is 0 Å². The first-order valence-electron chi connectivity index (χ1n) is 35.2. The number of phenols is 2. The molecule has 0 atom stereocenters. The van der Waals surface area contributed by atoms with Gasteiger partial charge in [0, 0.05) is 180 Å². The molecule has 0 aliphatic heterocycles. The Morgan fingerprint density at radius 1 is 0.286 bits per heavy atom. The summed E-state index contributed by atoms with van der Waals surface area (Å²) in [7, 11) is 0. The van der Waals surface area contributed by atoms with Crippen LogP contribution < -0.4 is 0 Å². The number of aromatic hydroxyl groups is 2. The number of hydrogen-bond acceptors (Lipinski definition) is 2. The third-order valence-electron chi connectivity index (χ3n) is 19.8. The van der Waals surface area contributed by atoms with Crippen LogP contribution in [0.4, 0.5) is 0 Å². The van der Waals surface area contributed by atoms with Gasteiger partial charge in [-0.2, -0.15) is 0 Å². The Morgan fingerprint density at radius 2 is 0.452 bits per heavy atom. The van der Waals surface area contributed by atoms with Crippen molar-refractivity contribution in [3.05, 3.63) is 57.6 Å². The smallest absolute Gasteiger partial charge is 0.122 e. The van der Waals surface area contributed by atoms with Crippen LogP contribution in [0.15, 0.2) is 24.3 Å². The van der Waals surface area contributed by atoms with Crippen molar-refractivity contribution in [1.82, 2.24) is 0 Å². The summed E-state index contributed by atoms with van der Waals surface area (Å²) in [6.45, 7) is 53.5. The second-order valence-electron chi connectivity index (χ2n) is 26.6. The normalized spacial score (nSPS) is 12.0. The molecule has 2 rings (SSSR count). The van der Waals surface area contributed by atoms with E-state index in [9.17, 15) is 10.2 Å². The van der Waals surface area contributed by atoms with Gasteiger partial charge < -0.3 is 28.1 Å². The minimum absolute atomic E-state index is 0. The standard InChI is InChI=1S/C73H138N4O2.Co.4Y/c1-15-27-43-74(44-28-16-2,45-29-17-3)55-39-66(40-56-75(46-30-18-4,47-31-19-5)48-32-20-6)68-59-64(13)72(78)70(61-68)63-71-62-69(60-65(14)73(71)79)67(41-57-76(49-33-21-7,50-34-22-8)51-35-23-9)42-58-77(52-36-24-10,53-37-25-11)54-38-26-12;;;;;/h59-62,66-67H,15-58,63H2,1-14H3;;;;;/q+2;;;;;/p+2. The molecule has 2 aromatic carbocycles. The molecule has 11 heteroatoms. The summed E-state index contributed by atoms with van der Waals surface area (Å²) in [6, 6.07) is 9.65. The number of aryl methyl sites for hydroxylation is 2. The van der Waals surface area contributed by atoms with E-state index in [1.165, 1.54) is 314 Å². The molecule has 0 unspecified atom stereocenters. The maximum absolute atomic E-state index is 12.3. The summed E-state index contributed by atoms with van der Waals surface area (Å²) < 4.78 is 5.07. The minimum Gasteiger partial charge on any atom is -0.507 e. The topological polar surface area (TPSA) is 40.5 Å². The second-order valence-corrected chi connectivity index (χ2v) is 26.6. The number of nitrogens with zero attached hydrogens (tertiary/aromatic N) is 4. The van der Waals surface area contributed by atoms with E-state index in [1.54, 1.807) is 0 Å². The zero-order chi connectivity index (χ0) is 58.4. The molecule has 84 heavy (non-hydrogen) atoms.